The number of carbonyl (C=O) groups is 1. The highest BCUT2D eigenvalue weighted by Crippen LogP contribution is 2.21. The third-order valence-corrected chi connectivity index (χ3v) is 4.52. The number of nitrogens with zero attached hydrogens (tertiary/aromatic N) is 3. The SMILES string of the molecule is Cc1cc(CN2CCN(C(=O)COc3ccc(Br)cc3F)CC2)on1. The highest BCUT2D eigenvalue weighted by atomic mass is 79.9. The van der Waals surface area contributed by atoms with Crippen molar-refractivity contribution in [1.29, 1.82) is 0 Å². The van der Waals surface area contributed by atoms with Crippen LogP contribution in [0.2, 0.25) is 0 Å². The van der Waals surface area contributed by atoms with E-state index < -0.39 is 5.82 Å². The van der Waals surface area contributed by atoms with Crippen molar-refractivity contribution < 1.29 is 18.4 Å². The van der Waals surface area contributed by atoms with E-state index in [2.05, 4.69) is 26.0 Å². The van der Waals surface area contributed by atoms with Gasteiger partial charge in [0.25, 0.3) is 5.91 Å². The van der Waals surface area contributed by atoms with E-state index in [1.165, 1.54) is 12.1 Å². The van der Waals surface area contributed by atoms with Gasteiger partial charge >= 0.3 is 0 Å². The number of ether oxygens (including phenoxy) is 1. The van der Waals surface area contributed by atoms with Crippen LogP contribution in [0.1, 0.15) is 11.5 Å². The molecule has 1 aromatic heterocycles. The molecular formula is C17H19BrFN3O3. The summed E-state index contributed by atoms with van der Waals surface area (Å²) in [5, 5.41) is 3.87. The summed E-state index contributed by atoms with van der Waals surface area (Å²) in [6.07, 6.45) is 0. The summed E-state index contributed by atoms with van der Waals surface area (Å²) in [7, 11) is 0. The van der Waals surface area contributed by atoms with Gasteiger partial charge in [-0.25, -0.2) is 4.39 Å². The average molecular weight is 412 g/mol. The van der Waals surface area contributed by atoms with E-state index in [-0.39, 0.29) is 18.3 Å². The van der Waals surface area contributed by atoms with Gasteiger partial charge in [0.15, 0.2) is 23.9 Å². The molecule has 0 spiro atoms. The molecule has 0 N–H and O–H groups in total. The lowest BCUT2D eigenvalue weighted by Crippen LogP contribution is -2.49. The first-order valence-electron chi connectivity index (χ1n) is 8.01. The van der Waals surface area contributed by atoms with Crippen LogP contribution >= 0.6 is 15.9 Å². The number of rotatable bonds is 5. The second-order valence-electron chi connectivity index (χ2n) is 5.95. The minimum absolute atomic E-state index is 0.0795. The van der Waals surface area contributed by atoms with Crippen molar-refractivity contribution in [3.8, 4) is 5.75 Å². The van der Waals surface area contributed by atoms with E-state index >= 15 is 0 Å². The number of halogens is 2. The predicted molar refractivity (Wildman–Crippen MR) is 92.7 cm³/mol. The largest absolute Gasteiger partial charge is 0.481 e. The van der Waals surface area contributed by atoms with E-state index in [0.717, 1.165) is 24.5 Å². The summed E-state index contributed by atoms with van der Waals surface area (Å²) >= 11 is 3.18. The highest BCUT2D eigenvalue weighted by molar-refractivity contribution is 9.10. The average Bonchev–Trinajstić information content (AvgIpc) is 2.99. The number of hydrogen-bond acceptors (Lipinski definition) is 5. The minimum atomic E-state index is -0.491. The molecule has 3 rings (SSSR count). The van der Waals surface area contributed by atoms with Gasteiger partial charge in [0.1, 0.15) is 0 Å². The van der Waals surface area contributed by atoms with E-state index in [9.17, 15) is 9.18 Å². The summed E-state index contributed by atoms with van der Waals surface area (Å²) < 4.78 is 24.9. The summed E-state index contributed by atoms with van der Waals surface area (Å²) in [6.45, 7) is 5.12. The molecule has 0 saturated carbocycles. The maximum Gasteiger partial charge on any atom is 0.260 e. The fourth-order valence-electron chi connectivity index (χ4n) is 2.69. The number of aromatic nitrogens is 1. The van der Waals surface area contributed by atoms with Crippen molar-refractivity contribution in [2.45, 2.75) is 13.5 Å². The van der Waals surface area contributed by atoms with Crippen molar-refractivity contribution in [3.63, 3.8) is 0 Å². The molecular weight excluding hydrogens is 393 g/mol. The maximum atomic E-state index is 13.7. The number of piperazine rings is 1. The van der Waals surface area contributed by atoms with E-state index in [0.29, 0.717) is 24.1 Å². The first kappa shape index (κ1) is 17.9. The first-order chi connectivity index (χ1) is 12.0. The van der Waals surface area contributed by atoms with Crippen LogP contribution in [0.15, 0.2) is 33.3 Å². The second kappa shape index (κ2) is 7.97. The van der Waals surface area contributed by atoms with Crippen molar-refractivity contribution in [3.05, 3.63) is 46.0 Å². The van der Waals surface area contributed by atoms with Gasteiger partial charge in [-0.05, 0) is 25.1 Å². The van der Waals surface area contributed by atoms with Crippen LogP contribution in [-0.4, -0.2) is 53.6 Å². The second-order valence-corrected chi connectivity index (χ2v) is 6.87. The molecule has 6 nitrogen and oxygen atoms in total. The lowest BCUT2D eigenvalue weighted by molar-refractivity contribution is -0.135. The Hall–Kier alpha value is -1.93. The van der Waals surface area contributed by atoms with Gasteiger partial charge in [0.05, 0.1) is 12.2 Å². The molecule has 0 radical (unpaired) electrons. The molecule has 1 fully saturated rings. The Morgan fingerprint density at radius 2 is 2.08 bits per heavy atom. The number of hydrogen-bond donors (Lipinski definition) is 0. The molecule has 0 bridgehead atoms. The summed E-state index contributed by atoms with van der Waals surface area (Å²) in [5.41, 5.74) is 0.862. The minimum Gasteiger partial charge on any atom is -0.481 e. The quantitative estimate of drug-likeness (QED) is 0.756. The van der Waals surface area contributed by atoms with Gasteiger partial charge < -0.3 is 14.2 Å². The molecule has 1 saturated heterocycles. The third-order valence-electron chi connectivity index (χ3n) is 4.03. The Morgan fingerprint density at radius 3 is 2.72 bits per heavy atom. The Kier molecular flexibility index (Phi) is 5.70. The lowest BCUT2D eigenvalue weighted by Gasteiger charge is -2.34. The van der Waals surface area contributed by atoms with Gasteiger partial charge in [-0.3, -0.25) is 9.69 Å². The van der Waals surface area contributed by atoms with Crippen LogP contribution in [0, 0.1) is 12.7 Å². The Morgan fingerprint density at radius 1 is 1.32 bits per heavy atom. The molecule has 0 aliphatic carbocycles. The zero-order chi connectivity index (χ0) is 17.8. The van der Waals surface area contributed by atoms with Crippen LogP contribution in [0.4, 0.5) is 4.39 Å². The predicted octanol–water partition coefficient (Wildman–Crippen LogP) is 2.61. The number of amides is 1. The van der Waals surface area contributed by atoms with Crippen LogP contribution < -0.4 is 4.74 Å². The van der Waals surface area contributed by atoms with Crippen molar-refractivity contribution >= 4 is 21.8 Å². The molecule has 2 aromatic rings. The summed E-state index contributed by atoms with van der Waals surface area (Å²) in [5.74, 6) is 0.272. The molecule has 0 atom stereocenters. The molecule has 1 aromatic carbocycles. The van der Waals surface area contributed by atoms with E-state index in [1.54, 1.807) is 11.0 Å². The molecule has 0 unspecified atom stereocenters. The smallest absolute Gasteiger partial charge is 0.260 e. The Labute approximate surface area is 153 Å². The van der Waals surface area contributed by atoms with Gasteiger partial charge in [-0.15, -0.1) is 0 Å². The van der Waals surface area contributed by atoms with Gasteiger partial charge in [-0.2, -0.15) is 0 Å². The fraction of sp³-hybridized carbons (Fsp3) is 0.412. The normalized spacial score (nSPS) is 15.4. The number of benzene rings is 1. The molecule has 25 heavy (non-hydrogen) atoms. The van der Waals surface area contributed by atoms with Crippen molar-refractivity contribution in [2.75, 3.05) is 32.8 Å². The van der Waals surface area contributed by atoms with Crippen LogP contribution in [0.5, 0.6) is 5.75 Å². The zero-order valence-corrected chi connectivity index (χ0v) is 15.5. The standard InChI is InChI=1S/C17H19BrFN3O3/c1-12-8-14(25-20-12)10-21-4-6-22(7-5-21)17(23)11-24-16-3-2-13(18)9-15(16)19/h2-3,8-9H,4-7,10-11H2,1H3. The Bertz CT molecular complexity index is 744. The van der Waals surface area contributed by atoms with Gasteiger partial charge in [-0.1, -0.05) is 21.1 Å². The highest BCUT2D eigenvalue weighted by Gasteiger charge is 2.22. The van der Waals surface area contributed by atoms with E-state index in [4.69, 9.17) is 9.26 Å². The van der Waals surface area contributed by atoms with Gasteiger partial charge in [0.2, 0.25) is 0 Å². The first-order valence-corrected chi connectivity index (χ1v) is 8.81. The van der Waals surface area contributed by atoms with Gasteiger partial charge in [0, 0.05) is 36.7 Å². The monoisotopic (exact) mass is 411 g/mol. The zero-order valence-electron chi connectivity index (χ0n) is 13.9. The lowest BCUT2D eigenvalue weighted by atomic mass is 10.3. The maximum absolute atomic E-state index is 13.7. The van der Waals surface area contributed by atoms with Crippen LogP contribution in [-0.2, 0) is 11.3 Å². The fourth-order valence-corrected chi connectivity index (χ4v) is 3.02. The molecule has 134 valence electrons. The van der Waals surface area contributed by atoms with Crippen LogP contribution in [0.25, 0.3) is 0 Å². The topological polar surface area (TPSA) is 58.8 Å². The summed E-state index contributed by atoms with van der Waals surface area (Å²) in [4.78, 5) is 16.2. The van der Waals surface area contributed by atoms with Crippen LogP contribution in [0.3, 0.4) is 0 Å². The molecule has 1 amide bonds. The van der Waals surface area contributed by atoms with E-state index in [1.807, 2.05) is 13.0 Å². The number of aryl methyl sites for hydroxylation is 1. The number of carbonyl (C=O) groups excluding carboxylic acids is 1. The van der Waals surface area contributed by atoms with Crippen molar-refractivity contribution in [1.82, 2.24) is 15.0 Å². The molecule has 1 aliphatic heterocycles. The molecule has 8 heteroatoms. The van der Waals surface area contributed by atoms with Crippen molar-refractivity contribution in [2.24, 2.45) is 0 Å². The summed E-state index contributed by atoms with van der Waals surface area (Å²) in [6, 6.07) is 6.40. The Balaban J connectivity index is 1.45. The third kappa shape index (κ3) is 4.79. The molecule has 2 heterocycles. The molecule has 1 aliphatic rings.